The SMILES string of the molecule is COC(=O)C1(CCCO)CCN(C(=O)OC(C)(C)C)C1. The van der Waals surface area contributed by atoms with Crippen LogP contribution in [0.25, 0.3) is 0 Å². The molecular formula is C14H25NO5. The highest BCUT2D eigenvalue weighted by Gasteiger charge is 2.47. The quantitative estimate of drug-likeness (QED) is 0.794. The molecule has 0 radical (unpaired) electrons. The average Bonchev–Trinajstić information content (AvgIpc) is 2.79. The number of hydrogen-bond donors (Lipinski definition) is 1. The summed E-state index contributed by atoms with van der Waals surface area (Å²) in [4.78, 5) is 25.6. The summed E-state index contributed by atoms with van der Waals surface area (Å²) in [6.45, 7) is 6.19. The summed E-state index contributed by atoms with van der Waals surface area (Å²) >= 11 is 0. The maximum absolute atomic E-state index is 12.0. The minimum absolute atomic E-state index is 0.0190. The molecule has 1 atom stereocenters. The van der Waals surface area contributed by atoms with E-state index in [1.165, 1.54) is 7.11 Å². The zero-order valence-corrected chi connectivity index (χ0v) is 12.8. The highest BCUT2D eigenvalue weighted by molar-refractivity contribution is 5.79. The minimum Gasteiger partial charge on any atom is -0.469 e. The number of ether oxygens (including phenoxy) is 2. The van der Waals surface area contributed by atoms with Crippen LogP contribution in [0.4, 0.5) is 4.79 Å². The predicted molar refractivity (Wildman–Crippen MR) is 73.2 cm³/mol. The van der Waals surface area contributed by atoms with Crippen LogP contribution in [0.2, 0.25) is 0 Å². The molecule has 0 saturated carbocycles. The Morgan fingerprint density at radius 1 is 1.35 bits per heavy atom. The summed E-state index contributed by atoms with van der Waals surface area (Å²) < 4.78 is 10.2. The van der Waals surface area contributed by atoms with Crippen LogP contribution in [0.1, 0.15) is 40.0 Å². The molecule has 0 aliphatic carbocycles. The lowest BCUT2D eigenvalue weighted by molar-refractivity contribution is -0.152. The van der Waals surface area contributed by atoms with E-state index in [0.29, 0.717) is 25.8 Å². The number of aliphatic hydroxyl groups is 1. The van der Waals surface area contributed by atoms with E-state index in [0.717, 1.165) is 0 Å². The lowest BCUT2D eigenvalue weighted by atomic mass is 9.82. The Hall–Kier alpha value is -1.30. The van der Waals surface area contributed by atoms with Crippen molar-refractivity contribution < 1.29 is 24.2 Å². The third kappa shape index (κ3) is 4.10. The molecule has 1 amide bonds. The summed E-state index contributed by atoms with van der Waals surface area (Å²) in [5, 5.41) is 8.97. The van der Waals surface area contributed by atoms with Crippen LogP contribution < -0.4 is 0 Å². The highest BCUT2D eigenvalue weighted by Crippen LogP contribution is 2.37. The van der Waals surface area contributed by atoms with E-state index in [4.69, 9.17) is 14.6 Å². The van der Waals surface area contributed by atoms with Crippen molar-refractivity contribution in [2.45, 2.75) is 45.6 Å². The van der Waals surface area contributed by atoms with Crippen LogP contribution in [0, 0.1) is 5.41 Å². The Morgan fingerprint density at radius 2 is 2.00 bits per heavy atom. The number of likely N-dealkylation sites (tertiary alicyclic amines) is 1. The molecule has 1 rings (SSSR count). The molecule has 0 spiro atoms. The molecule has 1 aliphatic rings. The summed E-state index contributed by atoms with van der Waals surface area (Å²) in [6.07, 6.45) is 1.15. The highest BCUT2D eigenvalue weighted by atomic mass is 16.6. The van der Waals surface area contributed by atoms with Gasteiger partial charge in [-0.25, -0.2) is 4.79 Å². The summed E-state index contributed by atoms with van der Waals surface area (Å²) in [6, 6.07) is 0. The van der Waals surface area contributed by atoms with Gasteiger partial charge in [-0.3, -0.25) is 4.79 Å². The third-order valence-corrected chi connectivity index (χ3v) is 3.44. The number of carbonyl (C=O) groups excluding carboxylic acids is 2. The maximum atomic E-state index is 12.0. The van der Waals surface area contributed by atoms with Crippen LogP contribution in [-0.4, -0.2) is 54.5 Å². The molecule has 1 aliphatic heterocycles. The number of carbonyl (C=O) groups is 2. The van der Waals surface area contributed by atoms with Gasteiger partial charge in [0, 0.05) is 19.7 Å². The normalized spacial score (nSPS) is 22.8. The topological polar surface area (TPSA) is 76.1 Å². The van der Waals surface area contributed by atoms with E-state index in [1.54, 1.807) is 25.7 Å². The molecule has 116 valence electrons. The van der Waals surface area contributed by atoms with Crippen molar-refractivity contribution in [2.75, 3.05) is 26.8 Å². The van der Waals surface area contributed by atoms with E-state index in [1.807, 2.05) is 0 Å². The lowest BCUT2D eigenvalue weighted by Crippen LogP contribution is -2.40. The monoisotopic (exact) mass is 287 g/mol. The first-order valence-electron chi connectivity index (χ1n) is 6.91. The molecular weight excluding hydrogens is 262 g/mol. The van der Waals surface area contributed by atoms with Crippen molar-refractivity contribution in [3.05, 3.63) is 0 Å². The summed E-state index contributed by atoms with van der Waals surface area (Å²) in [5.41, 5.74) is -1.27. The fourth-order valence-corrected chi connectivity index (χ4v) is 2.46. The Kier molecular flexibility index (Phi) is 5.39. The maximum Gasteiger partial charge on any atom is 0.410 e. The van der Waals surface area contributed by atoms with E-state index in [9.17, 15) is 9.59 Å². The van der Waals surface area contributed by atoms with Crippen molar-refractivity contribution in [2.24, 2.45) is 5.41 Å². The van der Waals surface area contributed by atoms with E-state index in [2.05, 4.69) is 0 Å². The zero-order chi connectivity index (χ0) is 15.4. The van der Waals surface area contributed by atoms with Crippen molar-refractivity contribution in [1.29, 1.82) is 0 Å². The van der Waals surface area contributed by atoms with E-state index in [-0.39, 0.29) is 19.1 Å². The number of amides is 1. The van der Waals surface area contributed by atoms with Gasteiger partial charge >= 0.3 is 12.1 Å². The number of esters is 1. The predicted octanol–water partition coefficient (Wildman–Crippen LogP) is 1.56. The molecule has 20 heavy (non-hydrogen) atoms. The Bertz CT molecular complexity index is 363. The second-order valence-corrected chi connectivity index (χ2v) is 6.25. The minimum atomic E-state index is -0.714. The van der Waals surface area contributed by atoms with Gasteiger partial charge in [-0.1, -0.05) is 0 Å². The van der Waals surface area contributed by atoms with Crippen LogP contribution in [-0.2, 0) is 14.3 Å². The second-order valence-electron chi connectivity index (χ2n) is 6.25. The smallest absolute Gasteiger partial charge is 0.410 e. The van der Waals surface area contributed by atoms with Crippen molar-refractivity contribution in [3.8, 4) is 0 Å². The van der Waals surface area contributed by atoms with Crippen LogP contribution in [0.3, 0.4) is 0 Å². The Balaban J connectivity index is 2.74. The fraction of sp³-hybridized carbons (Fsp3) is 0.857. The van der Waals surface area contributed by atoms with Gasteiger partial charge in [-0.05, 0) is 40.0 Å². The number of nitrogens with zero attached hydrogens (tertiary/aromatic N) is 1. The molecule has 1 saturated heterocycles. The summed E-state index contributed by atoms with van der Waals surface area (Å²) in [7, 11) is 1.35. The zero-order valence-electron chi connectivity index (χ0n) is 12.8. The van der Waals surface area contributed by atoms with Gasteiger partial charge in [0.2, 0.25) is 0 Å². The summed E-state index contributed by atoms with van der Waals surface area (Å²) in [5.74, 6) is -0.322. The molecule has 6 heteroatoms. The second kappa shape index (κ2) is 6.43. The van der Waals surface area contributed by atoms with Gasteiger partial charge < -0.3 is 19.5 Å². The average molecular weight is 287 g/mol. The number of hydrogen-bond acceptors (Lipinski definition) is 5. The molecule has 1 unspecified atom stereocenters. The van der Waals surface area contributed by atoms with Crippen LogP contribution >= 0.6 is 0 Å². The molecule has 0 aromatic carbocycles. The molecule has 1 heterocycles. The van der Waals surface area contributed by atoms with Crippen molar-refractivity contribution in [3.63, 3.8) is 0 Å². The Labute approximate surface area is 120 Å². The first-order valence-corrected chi connectivity index (χ1v) is 6.91. The molecule has 0 bridgehead atoms. The van der Waals surface area contributed by atoms with E-state index < -0.39 is 17.1 Å². The van der Waals surface area contributed by atoms with Crippen molar-refractivity contribution >= 4 is 12.1 Å². The molecule has 1 N–H and O–H groups in total. The molecule has 0 aromatic rings. The lowest BCUT2D eigenvalue weighted by Gasteiger charge is -2.27. The van der Waals surface area contributed by atoms with Gasteiger partial charge in [-0.2, -0.15) is 0 Å². The molecule has 6 nitrogen and oxygen atoms in total. The number of methoxy groups -OCH3 is 1. The fourth-order valence-electron chi connectivity index (χ4n) is 2.46. The van der Waals surface area contributed by atoms with Crippen molar-refractivity contribution in [1.82, 2.24) is 4.90 Å². The van der Waals surface area contributed by atoms with Crippen LogP contribution in [0.5, 0.6) is 0 Å². The Morgan fingerprint density at radius 3 is 2.50 bits per heavy atom. The van der Waals surface area contributed by atoms with Crippen LogP contribution in [0.15, 0.2) is 0 Å². The largest absolute Gasteiger partial charge is 0.469 e. The number of aliphatic hydroxyl groups excluding tert-OH is 1. The molecule has 1 fully saturated rings. The first kappa shape index (κ1) is 16.8. The van der Waals surface area contributed by atoms with Gasteiger partial charge in [0.05, 0.1) is 12.5 Å². The van der Waals surface area contributed by atoms with Gasteiger partial charge in [-0.15, -0.1) is 0 Å². The molecule has 0 aromatic heterocycles. The third-order valence-electron chi connectivity index (χ3n) is 3.44. The first-order chi connectivity index (χ1) is 9.24. The van der Waals surface area contributed by atoms with Gasteiger partial charge in [0.1, 0.15) is 5.60 Å². The number of rotatable bonds is 4. The van der Waals surface area contributed by atoms with Gasteiger partial charge in [0.25, 0.3) is 0 Å². The standard InChI is InChI=1S/C14H25NO5/c1-13(2,3)20-12(18)15-8-7-14(10-15,6-5-9-16)11(17)19-4/h16H,5-10H2,1-4H3. The van der Waals surface area contributed by atoms with Gasteiger partial charge in [0.15, 0.2) is 0 Å². The van der Waals surface area contributed by atoms with E-state index >= 15 is 0 Å².